The van der Waals surface area contributed by atoms with Crippen molar-refractivity contribution in [3.63, 3.8) is 0 Å². The third-order valence-electron chi connectivity index (χ3n) is 14.8. The normalized spacial score (nSPS) is 15.5. The summed E-state index contributed by atoms with van der Waals surface area (Å²) in [5.74, 6) is -0.650. The molecule has 8 heterocycles. The molecule has 27 heteroatoms. The molecule has 464 valence electrons. The Hall–Kier alpha value is -6.41. The van der Waals surface area contributed by atoms with Gasteiger partial charge in [0.1, 0.15) is 25.2 Å². The first-order valence-electron chi connectivity index (χ1n) is 27.6. The van der Waals surface area contributed by atoms with Gasteiger partial charge in [-0.2, -0.15) is 40.5 Å². The first kappa shape index (κ1) is 70.4. The fraction of sp³-hybridized carbons (Fsp3) is 0.441. The average molecular weight is 1300 g/mol. The van der Waals surface area contributed by atoms with Gasteiger partial charge >= 0.3 is 24.0 Å². The van der Waals surface area contributed by atoms with Crippen LogP contribution >= 0.6 is 75.3 Å². The summed E-state index contributed by atoms with van der Waals surface area (Å²) in [6.45, 7) is 10.4. The van der Waals surface area contributed by atoms with E-state index in [0.717, 1.165) is 107 Å². The lowest BCUT2D eigenvalue weighted by molar-refractivity contribution is -0.144. The minimum absolute atomic E-state index is 0. The molecule has 3 aliphatic carbocycles. The van der Waals surface area contributed by atoms with Gasteiger partial charge < -0.3 is 48.1 Å². The van der Waals surface area contributed by atoms with Crippen molar-refractivity contribution < 1.29 is 38.5 Å². The van der Waals surface area contributed by atoms with Crippen LogP contribution in [-0.4, -0.2) is 141 Å². The molecule has 0 fully saturated rings. The summed E-state index contributed by atoms with van der Waals surface area (Å²) in [5, 5.41) is 13.9. The second-order valence-corrected chi connectivity index (χ2v) is 22.5. The fourth-order valence-corrected chi connectivity index (χ4v) is 11.3. The maximum absolute atomic E-state index is 12.5. The summed E-state index contributed by atoms with van der Waals surface area (Å²) < 4.78 is 21.7. The number of aromatic nitrogens is 10. The van der Waals surface area contributed by atoms with Crippen LogP contribution < -0.4 is 10.2 Å². The van der Waals surface area contributed by atoms with E-state index < -0.39 is 11.6 Å². The van der Waals surface area contributed by atoms with E-state index in [4.69, 9.17) is 49.0 Å². The maximum atomic E-state index is 12.5. The Balaban J connectivity index is 0.000000219. The molecule has 0 spiro atoms. The van der Waals surface area contributed by atoms with E-state index in [2.05, 4.69) is 49.7 Å². The number of fused-ring (bicyclic) bond motifs is 9. The summed E-state index contributed by atoms with van der Waals surface area (Å²) in [7, 11) is 5.76. The number of anilines is 1. The first-order chi connectivity index (χ1) is 39.8. The standard InChI is InChI=1S/C21H29N3O4.C18H18ClN5O2.C16H21N3O2.C4H2Cl2N2.3H2S/c1-6-27-18(25)13-24-16-10-9-14(23(5)20(26)28-21(2,3)4)12-15(16)19-17(24)8-7-11-22-19;1-23(18-21-8-11(19)9-22-18)12-4-5-14-13(7-12)17-15(3-2-6-20-17)24(14)10-16(25)26;1-3-21-15(20)10-19-13-7-6-11(17-2)9-12(13)16-14(19)5-4-8-18-16;5-3-1-7-4(6)8-2-3;;;/h7-8,11,14H,6,9-10,12-13H2,1-5H3;2-3,6,8-9,12H,4-5,7,10H2,1H3,(H,25,26);4-5,8,11,17H,3,6-7,9-10H2,1-2H3;1-2H;3*1H2/t14-;12-;11-;;;;/m000..../s1. The molecule has 1 amide bonds. The van der Waals surface area contributed by atoms with Crippen molar-refractivity contribution in [1.29, 1.82) is 0 Å². The van der Waals surface area contributed by atoms with E-state index in [9.17, 15) is 24.3 Å². The third-order valence-corrected chi connectivity index (χ3v) is 15.4. The Labute approximate surface area is 536 Å². The number of aliphatic carboxylic acids is 1. The van der Waals surface area contributed by atoms with Crippen molar-refractivity contribution in [2.75, 3.05) is 39.3 Å². The number of ether oxygens (including phenoxy) is 3. The highest BCUT2D eigenvalue weighted by Crippen LogP contribution is 2.36. The van der Waals surface area contributed by atoms with Crippen LogP contribution in [0.4, 0.5) is 10.7 Å². The number of nitrogens with zero attached hydrogens (tertiary/aromatic N) is 12. The van der Waals surface area contributed by atoms with Gasteiger partial charge in [-0.05, 0) is 147 Å². The lowest BCUT2D eigenvalue weighted by Crippen LogP contribution is -2.43. The Morgan fingerprint density at radius 3 is 1.44 bits per heavy atom. The summed E-state index contributed by atoms with van der Waals surface area (Å²) in [6.07, 6.45) is 18.8. The van der Waals surface area contributed by atoms with Gasteiger partial charge in [-0.15, -0.1) is 0 Å². The molecule has 0 saturated carbocycles. The molecule has 0 saturated heterocycles. The number of carbonyl (C=O) groups is 4. The van der Waals surface area contributed by atoms with Gasteiger partial charge in [-0.25, -0.2) is 24.7 Å². The van der Waals surface area contributed by atoms with E-state index in [1.54, 1.807) is 43.7 Å². The number of rotatable bonds is 12. The summed E-state index contributed by atoms with van der Waals surface area (Å²) >= 11 is 16.6. The molecule has 11 rings (SSSR count). The van der Waals surface area contributed by atoms with E-state index in [0.29, 0.717) is 41.7 Å². The van der Waals surface area contributed by atoms with Crippen LogP contribution in [0.25, 0.3) is 33.1 Å². The molecule has 8 aromatic heterocycles. The smallest absolute Gasteiger partial charge is 0.410 e. The van der Waals surface area contributed by atoms with Crippen LogP contribution in [0.2, 0.25) is 15.3 Å². The molecule has 0 aromatic carbocycles. The van der Waals surface area contributed by atoms with Gasteiger partial charge in [0.15, 0.2) is 0 Å². The van der Waals surface area contributed by atoms with Crippen LogP contribution in [0.5, 0.6) is 0 Å². The monoisotopic (exact) mass is 1300 g/mol. The highest BCUT2D eigenvalue weighted by molar-refractivity contribution is 7.59. The lowest BCUT2D eigenvalue weighted by Gasteiger charge is -2.33. The molecule has 86 heavy (non-hydrogen) atoms. The van der Waals surface area contributed by atoms with Crippen molar-refractivity contribution in [2.45, 2.75) is 136 Å². The Morgan fingerprint density at radius 2 is 1.02 bits per heavy atom. The second kappa shape index (κ2) is 32.0. The molecule has 3 aliphatic rings. The van der Waals surface area contributed by atoms with Crippen LogP contribution in [-0.2, 0) is 86.8 Å². The van der Waals surface area contributed by atoms with E-state index in [1.165, 1.54) is 23.7 Å². The average Bonchev–Trinajstić information content (AvgIpc) is 2.31. The second-order valence-electron chi connectivity index (χ2n) is 21.2. The summed E-state index contributed by atoms with van der Waals surface area (Å²) in [4.78, 5) is 80.9. The molecule has 2 N–H and O–H groups in total. The first-order valence-corrected chi connectivity index (χ1v) is 28.8. The number of carboxylic acid groups (broad SMARTS) is 1. The largest absolute Gasteiger partial charge is 0.480 e. The molecular formula is C59H76Cl3N13O8S3. The maximum Gasteiger partial charge on any atom is 0.410 e. The molecule has 0 aliphatic heterocycles. The van der Waals surface area contributed by atoms with Crippen molar-refractivity contribution >= 4 is 138 Å². The molecule has 21 nitrogen and oxygen atoms in total. The quantitative estimate of drug-likeness (QED) is 0.0657. The highest BCUT2D eigenvalue weighted by atomic mass is 35.5. The summed E-state index contributed by atoms with van der Waals surface area (Å²) in [6, 6.07) is 12.3. The van der Waals surface area contributed by atoms with E-state index >= 15 is 0 Å². The highest BCUT2D eigenvalue weighted by Gasteiger charge is 2.34. The van der Waals surface area contributed by atoms with Crippen molar-refractivity contribution in [2.24, 2.45) is 0 Å². The molecule has 8 aromatic rings. The zero-order chi connectivity index (χ0) is 59.5. The van der Waals surface area contributed by atoms with Gasteiger partial charge in [0.05, 0.1) is 81.1 Å². The van der Waals surface area contributed by atoms with Crippen LogP contribution in [0.1, 0.15) is 87.7 Å². The molecule has 3 atom stereocenters. The fourth-order valence-electron chi connectivity index (χ4n) is 11.0. The lowest BCUT2D eigenvalue weighted by atomic mass is 9.91. The van der Waals surface area contributed by atoms with Gasteiger partial charge in [0.25, 0.3) is 0 Å². The molecule has 0 unspecified atom stereocenters. The number of likely N-dealkylation sites (N-methyl/N-ethyl adjacent to an activating group) is 3. The number of pyridine rings is 3. The Bertz CT molecular complexity index is 3560. The Kier molecular flexibility index (Phi) is 26.2. The number of hydrogen-bond donors (Lipinski definition) is 2. The number of nitrogens with one attached hydrogen (secondary N) is 1. The summed E-state index contributed by atoms with van der Waals surface area (Å²) in [5.41, 5.74) is 12.1. The zero-order valence-corrected chi connectivity index (χ0v) is 54.7. The van der Waals surface area contributed by atoms with Crippen molar-refractivity contribution in [3.05, 3.63) is 129 Å². The van der Waals surface area contributed by atoms with Gasteiger partial charge in [0, 0.05) is 84.6 Å². The Morgan fingerprint density at radius 1 is 0.616 bits per heavy atom. The minimum Gasteiger partial charge on any atom is -0.480 e. The van der Waals surface area contributed by atoms with Gasteiger partial charge in [0.2, 0.25) is 11.2 Å². The van der Waals surface area contributed by atoms with E-state index in [-0.39, 0.29) is 95.5 Å². The third kappa shape index (κ3) is 17.2. The number of carbonyl (C=O) groups excluding carboxylic acids is 3. The van der Waals surface area contributed by atoms with Crippen molar-refractivity contribution in [1.82, 2.24) is 58.8 Å². The molecule has 0 radical (unpaired) electrons. The number of hydrogen-bond acceptors (Lipinski definition) is 16. The molecular weight excluding hydrogens is 1220 g/mol. The van der Waals surface area contributed by atoms with Crippen LogP contribution in [0, 0.1) is 0 Å². The van der Waals surface area contributed by atoms with Crippen LogP contribution in [0.3, 0.4) is 0 Å². The van der Waals surface area contributed by atoms with Gasteiger partial charge in [-0.1, -0.05) is 23.2 Å². The molecule has 0 bridgehead atoms. The SMILES string of the molecule is CCOC(=O)Cn1c2c(c3ncccc31)C[C@@H](N(C)C(=O)OC(C)(C)C)CC2.CCOC(=O)Cn1c2c(c3ncccc31)C[C@@H](NC)CC2.CN(c1ncc(Cl)cn1)[C@H]1CCc2c(c3ncccc3n2CC(=O)O)C1.Clc1cnc(Cl)nc1.S.S.S. The number of halogens is 3. The van der Waals surface area contributed by atoms with Crippen LogP contribution in [0.15, 0.2) is 79.8 Å². The van der Waals surface area contributed by atoms with Crippen molar-refractivity contribution in [3.8, 4) is 0 Å². The number of esters is 2. The topological polar surface area (TPSA) is 240 Å². The number of carboxylic acids is 1. The zero-order valence-electron chi connectivity index (χ0n) is 49.4. The predicted octanol–water partition coefficient (Wildman–Crippen LogP) is 9.68. The van der Waals surface area contributed by atoms with Gasteiger partial charge in [-0.3, -0.25) is 29.3 Å². The van der Waals surface area contributed by atoms with E-state index in [1.807, 2.05) is 93.5 Å². The minimum atomic E-state index is -0.845. The predicted molar refractivity (Wildman–Crippen MR) is 349 cm³/mol. The number of amides is 1.